The van der Waals surface area contributed by atoms with Gasteiger partial charge in [0, 0.05) is 5.38 Å². The van der Waals surface area contributed by atoms with Crippen LogP contribution in [-0.4, -0.2) is 65.7 Å². The van der Waals surface area contributed by atoms with Crippen LogP contribution >= 0.6 is 11.3 Å². The van der Waals surface area contributed by atoms with Crippen molar-refractivity contribution in [1.82, 2.24) is 14.6 Å². The zero-order valence-electron chi connectivity index (χ0n) is 12.0. The number of β-lactam (4-membered cyclic amide) rings is 1. The maximum atomic E-state index is 13.0. The Morgan fingerprint density at radius 2 is 2.33 bits per heavy atom. The summed E-state index contributed by atoms with van der Waals surface area (Å²) in [5.74, 6) is -2.13. The Balaban J connectivity index is 2.19. The van der Waals surface area contributed by atoms with E-state index in [0.717, 1.165) is 11.3 Å². The Labute approximate surface area is 139 Å². The van der Waals surface area contributed by atoms with Crippen molar-refractivity contribution >= 4 is 44.3 Å². The maximum Gasteiger partial charge on any atom is 0.362 e. The van der Waals surface area contributed by atoms with Crippen molar-refractivity contribution in [3.8, 4) is 0 Å². The first-order chi connectivity index (χ1) is 11.2. The largest absolute Gasteiger partial charge is 0.398 e. The Kier molecular flexibility index (Phi) is 5.00. The van der Waals surface area contributed by atoms with Gasteiger partial charge < -0.3 is 15.9 Å². The van der Waals surface area contributed by atoms with Crippen LogP contribution < -0.4 is 11.1 Å². The minimum Gasteiger partial charge on any atom is -0.398 e. The second-order valence-corrected chi connectivity index (χ2v) is 6.66. The fraction of sp³-hybridized carbons (Fsp3) is 0.400. The van der Waals surface area contributed by atoms with E-state index in [2.05, 4.69) is 20.3 Å². The zero-order chi connectivity index (χ0) is 18.1. The van der Waals surface area contributed by atoms with Crippen LogP contribution in [-0.2, 0) is 24.7 Å². The van der Waals surface area contributed by atoms with E-state index in [1.807, 2.05) is 0 Å². The Morgan fingerprint density at radius 3 is 2.79 bits per heavy atom. The molecule has 132 valence electrons. The lowest BCUT2D eigenvalue weighted by Crippen LogP contribution is -2.73. The number of carbonyl (C=O) groups excluding carboxylic acids is 2. The molecule has 1 aromatic heterocycles. The van der Waals surface area contributed by atoms with Crippen molar-refractivity contribution in [2.45, 2.75) is 12.1 Å². The molecule has 0 saturated carbocycles. The molecule has 0 spiro atoms. The number of aromatic nitrogens is 1. The van der Waals surface area contributed by atoms with E-state index >= 15 is 0 Å². The number of hydrogen-bond donors (Lipinski definition) is 3. The molecule has 2 rings (SSSR count). The van der Waals surface area contributed by atoms with Crippen molar-refractivity contribution in [3.05, 3.63) is 11.1 Å². The molecule has 2 atom stereocenters. The Hall–Kier alpha value is -2.32. The van der Waals surface area contributed by atoms with Crippen LogP contribution in [0.3, 0.4) is 0 Å². The summed E-state index contributed by atoms with van der Waals surface area (Å²) in [6, 6.07) is -3.04. The molecular formula is C10H12FN5O6S2. The van der Waals surface area contributed by atoms with E-state index in [1.54, 1.807) is 0 Å². The molecule has 2 amide bonds. The van der Waals surface area contributed by atoms with Crippen LogP contribution in [0.25, 0.3) is 0 Å². The summed E-state index contributed by atoms with van der Waals surface area (Å²) in [7, 11) is -3.75. The second kappa shape index (κ2) is 6.66. The van der Waals surface area contributed by atoms with Gasteiger partial charge in [-0.15, -0.1) is 11.3 Å². The molecule has 4 N–H and O–H groups in total. The van der Waals surface area contributed by atoms with Gasteiger partial charge in [-0.05, 0) is 0 Å². The molecule has 0 aromatic carbocycles. The van der Waals surface area contributed by atoms with E-state index in [-0.39, 0.29) is 20.8 Å². The molecule has 2 heterocycles. The molecule has 1 aliphatic heterocycles. The predicted octanol–water partition coefficient (Wildman–Crippen LogP) is -1.46. The van der Waals surface area contributed by atoms with Gasteiger partial charge in [-0.25, -0.2) is 13.7 Å². The number of oxime groups is 1. The SMILES string of the molecule is CO/N=C(/C(=O)NC1C(=O)N(S(=O)(=O)O)C1CF)c1csc(N)n1. The molecule has 14 heteroatoms. The molecular weight excluding hydrogens is 369 g/mol. The minimum atomic E-state index is -4.91. The highest BCUT2D eigenvalue weighted by Crippen LogP contribution is 2.24. The van der Waals surface area contributed by atoms with Crippen LogP contribution in [0.15, 0.2) is 10.5 Å². The average molecular weight is 381 g/mol. The van der Waals surface area contributed by atoms with Crippen molar-refractivity contribution in [3.63, 3.8) is 0 Å². The highest BCUT2D eigenvalue weighted by molar-refractivity contribution is 7.84. The van der Waals surface area contributed by atoms with Gasteiger partial charge in [0.1, 0.15) is 31.6 Å². The number of anilines is 1. The van der Waals surface area contributed by atoms with Gasteiger partial charge >= 0.3 is 10.3 Å². The first-order valence-electron chi connectivity index (χ1n) is 6.20. The van der Waals surface area contributed by atoms with E-state index in [1.165, 1.54) is 12.5 Å². The van der Waals surface area contributed by atoms with Crippen LogP contribution in [0.4, 0.5) is 9.52 Å². The van der Waals surface area contributed by atoms with E-state index in [4.69, 9.17) is 10.3 Å². The van der Waals surface area contributed by atoms with Gasteiger partial charge in [0.25, 0.3) is 11.8 Å². The number of hydrogen-bond acceptors (Lipinski definition) is 9. The van der Waals surface area contributed by atoms with Crippen molar-refractivity contribution in [1.29, 1.82) is 0 Å². The topological polar surface area (TPSA) is 164 Å². The lowest BCUT2D eigenvalue weighted by molar-refractivity contribution is -0.145. The summed E-state index contributed by atoms with van der Waals surface area (Å²) in [6.45, 7) is -1.29. The van der Waals surface area contributed by atoms with E-state index < -0.39 is 40.9 Å². The summed E-state index contributed by atoms with van der Waals surface area (Å²) >= 11 is 1.03. The first-order valence-corrected chi connectivity index (χ1v) is 8.48. The normalized spacial score (nSPS) is 21.4. The quantitative estimate of drug-likeness (QED) is 0.233. The number of nitrogens with two attached hydrogens (primary N) is 1. The molecule has 1 fully saturated rings. The van der Waals surface area contributed by atoms with Gasteiger partial charge in [-0.2, -0.15) is 8.42 Å². The highest BCUT2D eigenvalue weighted by atomic mass is 32.2. The van der Waals surface area contributed by atoms with E-state index in [0.29, 0.717) is 0 Å². The number of nitrogens with one attached hydrogen (secondary N) is 1. The zero-order valence-corrected chi connectivity index (χ0v) is 13.7. The molecule has 1 aromatic rings. The monoisotopic (exact) mass is 381 g/mol. The number of amides is 2. The first kappa shape index (κ1) is 18.0. The molecule has 0 radical (unpaired) electrons. The van der Waals surface area contributed by atoms with Crippen molar-refractivity contribution in [2.24, 2.45) is 5.16 Å². The number of nitrogen functional groups attached to an aromatic ring is 1. The summed E-state index contributed by atoms with van der Waals surface area (Å²) in [5.41, 5.74) is 5.19. The third kappa shape index (κ3) is 3.29. The standard InChI is InChI=1S/C10H12FN5O6S2/c1-22-15-6(4-3-23-10(12)13-4)8(17)14-7-5(2-11)16(9(7)18)24(19,20)21/h3,5,7H,2H2,1H3,(H2,12,13)(H,14,17)(H,19,20,21)/b15-6+. The van der Waals surface area contributed by atoms with Crippen molar-refractivity contribution in [2.75, 3.05) is 19.5 Å². The number of alkyl halides is 1. The lowest BCUT2D eigenvalue weighted by atomic mass is 10.00. The van der Waals surface area contributed by atoms with Crippen LogP contribution in [0.1, 0.15) is 5.69 Å². The molecule has 0 aliphatic carbocycles. The molecule has 0 bridgehead atoms. The molecule has 2 unspecified atom stereocenters. The fourth-order valence-corrected chi connectivity index (χ4v) is 3.42. The predicted molar refractivity (Wildman–Crippen MR) is 80.2 cm³/mol. The second-order valence-electron chi connectivity index (χ2n) is 4.48. The van der Waals surface area contributed by atoms with Gasteiger partial charge in [0.05, 0.1) is 0 Å². The van der Waals surface area contributed by atoms with Crippen LogP contribution in [0, 0.1) is 0 Å². The lowest BCUT2D eigenvalue weighted by Gasteiger charge is -2.42. The molecule has 1 saturated heterocycles. The number of carbonyl (C=O) groups is 2. The summed E-state index contributed by atoms with van der Waals surface area (Å²) < 4.78 is 43.8. The number of nitrogens with zero attached hydrogens (tertiary/aromatic N) is 3. The molecule has 11 nitrogen and oxygen atoms in total. The minimum absolute atomic E-state index is 0.0497. The highest BCUT2D eigenvalue weighted by Gasteiger charge is 2.54. The van der Waals surface area contributed by atoms with Crippen LogP contribution in [0.5, 0.6) is 0 Å². The van der Waals surface area contributed by atoms with Crippen LogP contribution in [0.2, 0.25) is 0 Å². The summed E-state index contributed by atoms with van der Waals surface area (Å²) in [6.07, 6.45) is 0. The maximum absolute atomic E-state index is 13.0. The Morgan fingerprint density at radius 1 is 1.67 bits per heavy atom. The van der Waals surface area contributed by atoms with Gasteiger partial charge in [-0.1, -0.05) is 5.16 Å². The van der Waals surface area contributed by atoms with E-state index in [9.17, 15) is 22.4 Å². The third-order valence-electron chi connectivity index (χ3n) is 3.02. The fourth-order valence-electron chi connectivity index (χ4n) is 2.01. The summed E-state index contributed by atoms with van der Waals surface area (Å²) in [5, 5.41) is 7.16. The van der Waals surface area contributed by atoms with Gasteiger partial charge in [0.2, 0.25) is 0 Å². The summed E-state index contributed by atoms with van der Waals surface area (Å²) in [4.78, 5) is 32.3. The molecule has 24 heavy (non-hydrogen) atoms. The Bertz CT molecular complexity index is 793. The average Bonchev–Trinajstić information content (AvgIpc) is 2.91. The number of halogens is 1. The number of thiazole rings is 1. The smallest absolute Gasteiger partial charge is 0.362 e. The van der Waals surface area contributed by atoms with Gasteiger partial charge in [0.15, 0.2) is 10.8 Å². The van der Waals surface area contributed by atoms with Crippen molar-refractivity contribution < 1.29 is 31.8 Å². The third-order valence-corrected chi connectivity index (χ3v) is 4.65. The molecule has 1 aliphatic rings. The number of rotatable bonds is 6. The van der Waals surface area contributed by atoms with Gasteiger partial charge in [-0.3, -0.25) is 14.1 Å².